The first-order valence-electron chi connectivity index (χ1n) is 4.36. The lowest BCUT2D eigenvalue weighted by atomic mass is 10.4. The van der Waals surface area contributed by atoms with Gasteiger partial charge in [-0.1, -0.05) is 26.7 Å². The van der Waals surface area contributed by atoms with Crippen molar-refractivity contribution in [1.29, 1.82) is 0 Å². The standard InChI is InChI=1S/C9H20P/c1-4-6-8-10(3)9-7-5-2/h3-9H2,1-2H3. The highest BCUT2D eigenvalue weighted by molar-refractivity contribution is 7.58. The molecule has 0 aromatic rings. The summed E-state index contributed by atoms with van der Waals surface area (Å²) in [7, 11) is 0.158. The molecule has 0 bridgehead atoms. The fourth-order valence-electron chi connectivity index (χ4n) is 0.875. The van der Waals surface area contributed by atoms with Crippen molar-refractivity contribution in [1.82, 2.24) is 0 Å². The summed E-state index contributed by atoms with van der Waals surface area (Å²) in [5.41, 5.74) is 0. The Labute approximate surface area is 67.2 Å². The molecule has 0 heterocycles. The van der Waals surface area contributed by atoms with Crippen molar-refractivity contribution in [2.45, 2.75) is 39.5 Å². The minimum absolute atomic E-state index is 0.158. The van der Waals surface area contributed by atoms with E-state index in [0.717, 1.165) is 0 Å². The van der Waals surface area contributed by atoms with Crippen LogP contribution in [0.5, 0.6) is 0 Å². The van der Waals surface area contributed by atoms with Crippen LogP contribution in [0, 0.1) is 6.66 Å². The van der Waals surface area contributed by atoms with E-state index in [2.05, 4.69) is 20.5 Å². The van der Waals surface area contributed by atoms with Crippen LogP contribution in [-0.4, -0.2) is 12.3 Å². The fourth-order valence-corrected chi connectivity index (χ4v) is 2.63. The molecule has 0 rings (SSSR count). The molecule has 0 aliphatic carbocycles. The van der Waals surface area contributed by atoms with E-state index in [0.29, 0.717) is 0 Å². The van der Waals surface area contributed by atoms with Gasteiger partial charge in [-0.25, -0.2) is 0 Å². The highest BCUT2D eigenvalue weighted by Gasteiger charge is 1.97. The quantitative estimate of drug-likeness (QED) is 0.516. The average molecular weight is 159 g/mol. The Morgan fingerprint density at radius 2 is 1.40 bits per heavy atom. The van der Waals surface area contributed by atoms with Gasteiger partial charge in [-0.05, 0) is 31.8 Å². The third-order valence-corrected chi connectivity index (χ3v) is 3.55. The number of hydrogen-bond donors (Lipinski definition) is 0. The van der Waals surface area contributed by atoms with Gasteiger partial charge in [0.2, 0.25) is 0 Å². The Bertz CT molecular complexity index is 53.7. The number of rotatable bonds is 6. The molecule has 0 nitrogen and oxygen atoms in total. The summed E-state index contributed by atoms with van der Waals surface area (Å²) in [6, 6.07) is 0. The smallest absolute Gasteiger partial charge is 0.0286 e. The summed E-state index contributed by atoms with van der Waals surface area (Å²) >= 11 is 0. The molecular formula is C9H20P. The second kappa shape index (κ2) is 7.54. The highest BCUT2D eigenvalue weighted by atomic mass is 31.1. The van der Waals surface area contributed by atoms with Gasteiger partial charge in [0.05, 0.1) is 0 Å². The first-order chi connectivity index (χ1) is 4.81. The predicted molar refractivity (Wildman–Crippen MR) is 51.8 cm³/mol. The zero-order valence-electron chi connectivity index (χ0n) is 7.40. The molecule has 61 valence electrons. The van der Waals surface area contributed by atoms with Gasteiger partial charge < -0.3 is 0 Å². The van der Waals surface area contributed by atoms with Crippen molar-refractivity contribution in [2.24, 2.45) is 0 Å². The Kier molecular flexibility index (Phi) is 7.86. The highest BCUT2D eigenvalue weighted by Crippen LogP contribution is 2.34. The lowest BCUT2D eigenvalue weighted by molar-refractivity contribution is 0.870. The Balaban J connectivity index is 3.00. The third-order valence-electron chi connectivity index (χ3n) is 1.66. The zero-order valence-corrected chi connectivity index (χ0v) is 8.29. The van der Waals surface area contributed by atoms with E-state index in [1.165, 1.54) is 38.0 Å². The number of unbranched alkanes of at least 4 members (excludes halogenated alkanes) is 2. The summed E-state index contributed by atoms with van der Waals surface area (Å²) in [6.07, 6.45) is 8.23. The molecule has 0 atom stereocenters. The second-order valence-electron chi connectivity index (χ2n) is 2.83. The summed E-state index contributed by atoms with van der Waals surface area (Å²) in [5.74, 6) is 0. The van der Waals surface area contributed by atoms with E-state index in [1.807, 2.05) is 0 Å². The van der Waals surface area contributed by atoms with Crippen molar-refractivity contribution < 1.29 is 0 Å². The lowest BCUT2D eigenvalue weighted by Crippen LogP contribution is -1.86. The molecule has 0 aliphatic rings. The minimum Gasteiger partial charge on any atom is -0.106 e. The lowest BCUT2D eigenvalue weighted by Gasteiger charge is -2.09. The number of hydrogen-bond acceptors (Lipinski definition) is 0. The molecular weight excluding hydrogens is 139 g/mol. The van der Waals surface area contributed by atoms with Crippen molar-refractivity contribution >= 4 is 7.92 Å². The zero-order chi connectivity index (χ0) is 7.82. The Morgan fingerprint density at radius 1 is 1.00 bits per heavy atom. The largest absolute Gasteiger partial charge is 0.106 e. The van der Waals surface area contributed by atoms with Gasteiger partial charge in [-0.3, -0.25) is 0 Å². The molecule has 0 unspecified atom stereocenters. The maximum absolute atomic E-state index is 4.18. The van der Waals surface area contributed by atoms with Crippen molar-refractivity contribution in [3.8, 4) is 0 Å². The monoisotopic (exact) mass is 159 g/mol. The Hall–Kier alpha value is 0.430. The normalized spacial score (nSPS) is 10.8. The average Bonchev–Trinajstić information content (AvgIpc) is 1.97. The maximum Gasteiger partial charge on any atom is -0.0286 e. The van der Waals surface area contributed by atoms with E-state index in [1.54, 1.807) is 0 Å². The van der Waals surface area contributed by atoms with Crippen LogP contribution in [0.2, 0.25) is 0 Å². The molecule has 0 saturated heterocycles. The summed E-state index contributed by atoms with van der Waals surface area (Å²) < 4.78 is 0. The fraction of sp³-hybridized carbons (Fsp3) is 0.889. The first-order valence-corrected chi connectivity index (χ1v) is 6.26. The molecule has 0 spiro atoms. The van der Waals surface area contributed by atoms with Crippen LogP contribution in [0.15, 0.2) is 0 Å². The first kappa shape index (κ1) is 10.4. The van der Waals surface area contributed by atoms with Crippen molar-refractivity contribution in [2.75, 3.05) is 12.3 Å². The van der Waals surface area contributed by atoms with Gasteiger partial charge in [0.15, 0.2) is 0 Å². The van der Waals surface area contributed by atoms with Crippen LogP contribution < -0.4 is 0 Å². The SMILES string of the molecule is [CH2]P(CCCC)CCCC. The van der Waals surface area contributed by atoms with E-state index in [4.69, 9.17) is 0 Å². The van der Waals surface area contributed by atoms with Crippen LogP contribution in [0.25, 0.3) is 0 Å². The van der Waals surface area contributed by atoms with Gasteiger partial charge in [-0.2, -0.15) is 0 Å². The second-order valence-corrected chi connectivity index (χ2v) is 5.06. The molecule has 0 amide bonds. The molecule has 0 aliphatic heterocycles. The molecule has 10 heavy (non-hydrogen) atoms. The molecule has 0 aromatic carbocycles. The van der Waals surface area contributed by atoms with Gasteiger partial charge >= 0.3 is 0 Å². The molecule has 0 fully saturated rings. The van der Waals surface area contributed by atoms with Crippen LogP contribution >= 0.6 is 7.92 Å². The Morgan fingerprint density at radius 3 is 1.70 bits per heavy atom. The van der Waals surface area contributed by atoms with Gasteiger partial charge in [0.1, 0.15) is 0 Å². The topological polar surface area (TPSA) is 0 Å². The molecule has 1 heteroatoms. The minimum atomic E-state index is 0.158. The van der Waals surface area contributed by atoms with Crippen LogP contribution in [-0.2, 0) is 0 Å². The van der Waals surface area contributed by atoms with E-state index < -0.39 is 0 Å². The van der Waals surface area contributed by atoms with Crippen molar-refractivity contribution in [3.63, 3.8) is 0 Å². The summed E-state index contributed by atoms with van der Waals surface area (Å²) in [4.78, 5) is 0. The third kappa shape index (κ3) is 6.55. The molecule has 1 radical (unpaired) electrons. The maximum atomic E-state index is 4.18. The molecule has 0 saturated carbocycles. The summed E-state index contributed by atoms with van der Waals surface area (Å²) in [5, 5.41) is 0. The van der Waals surface area contributed by atoms with Crippen LogP contribution in [0.4, 0.5) is 0 Å². The van der Waals surface area contributed by atoms with Gasteiger partial charge in [0.25, 0.3) is 0 Å². The molecule has 0 aromatic heterocycles. The van der Waals surface area contributed by atoms with E-state index in [-0.39, 0.29) is 7.92 Å². The van der Waals surface area contributed by atoms with Gasteiger partial charge in [0, 0.05) is 0 Å². The van der Waals surface area contributed by atoms with E-state index >= 15 is 0 Å². The van der Waals surface area contributed by atoms with Crippen molar-refractivity contribution in [3.05, 3.63) is 6.66 Å². The predicted octanol–water partition coefficient (Wildman–Crippen LogP) is 3.86. The van der Waals surface area contributed by atoms with Gasteiger partial charge in [-0.15, -0.1) is 7.92 Å². The van der Waals surface area contributed by atoms with Crippen LogP contribution in [0.3, 0.4) is 0 Å². The van der Waals surface area contributed by atoms with E-state index in [9.17, 15) is 0 Å². The summed E-state index contributed by atoms with van der Waals surface area (Å²) in [6.45, 7) is 8.68. The van der Waals surface area contributed by atoms with Crippen LogP contribution in [0.1, 0.15) is 39.5 Å². The molecule has 0 N–H and O–H groups in total.